The van der Waals surface area contributed by atoms with Gasteiger partial charge in [0.2, 0.25) is 5.91 Å². The van der Waals surface area contributed by atoms with Gasteiger partial charge in [0.25, 0.3) is 5.91 Å². The van der Waals surface area contributed by atoms with E-state index in [1.54, 1.807) is 37.1 Å². The Balaban J connectivity index is 1.62. The van der Waals surface area contributed by atoms with Gasteiger partial charge in [-0.1, -0.05) is 42.5 Å². The van der Waals surface area contributed by atoms with Crippen molar-refractivity contribution in [3.8, 4) is 5.75 Å². The summed E-state index contributed by atoms with van der Waals surface area (Å²) in [4.78, 5) is 28.4. The van der Waals surface area contributed by atoms with Crippen LogP contribution in [0, 0.1) is 5.82 Å². The number of methoxy groups -OCH3 is 1. The SMILES string of the molecule is COc1ccc(CNC(=O)[C@@]2(C)Cc3ccccc3C(=O)N2Cc2cccc(F)c2)cc1. The number of nitrogens with one attached hydrogen (secondary N) is 1. The first-order valence-corrected chi connectivity index (χ1v) is 10.5. The highest BCUT2D eigenvalue weighted by Gasteiger charge is 2.46. The van der Waals surface area contributed by atoms with E-state index in [2.05, 4.69) is 5.32 Å². The number of hydrogen-bond donors (Lipinski definition) is 1. The third-order valence-electron chi connectivity index (χ3n) is 5.95. The lowest BCUT2D eigenvalue weighted by atomic mass is 9.82. The quantitative estimate of drug-likeness (QED) is 0.638. The molecule has 5 nitrogen and oxygen atoms in total. The van der Waals surface area contributed by atoms with E-state index in [4.69, 9.17) is 4.74 Å². The molecule has 0 fully saturated rings. The molecule has 2 amide bonds. The number of amides is 2. The number of fused-ring (bicyclic) bond motifs is 1. The van der Waals surface area contributed by atoms with Gasteiger partial charge in [0, 0.05) is 25.1 Å². The predicted octanol–water partition coefficient (Wildman–Crippen LogP) is 4.11. The molecule has 164 valence electrons. The Morgan fingerprint density at radius 1 is 1.06 bits per heavy atom. The maximum Gasteiger partial charge on any atom is 0.255 e. The summed E-state index contributed by atoms with van der Waals surface area (Å²) in [5.41, 5.74) is 1.83. The summed E-state index contributed by atoms with van der Waals surface area (Å²) in [6.07, 6.45) is 0.374. The van der Waals surface area contributed by atoms with Crippen molar-refractivity contribution < 1.29 is 18.7 Å². The minimum atomic E-state index is -1.12. The molecule has 0 radical (unpaired) electrons. The molecular formula is C26H25FN2O3. The Morgan fingerprint density at radius 3 is 2.53 bits per heavy atom. The molecule has 0 aliphatic carbocycles. The summed E-state index contributed by atoms with van der Waals surface area (Å²) in [6, 6.07) is 20.9. The van der Waals surface area contributed by atoms with Gasteiger partial charge in [-0.05, 0) is 53.9 Å². The molecular weight excluding hydrogens is 407 g/mol. The van der Waals surface area contributed by atoms with Gasteiger partial charge in [-0.3, -0.25) is 9.59 Å². The number of nitrogens with zero attached hydrogens (tertiary/aromatic N) is 1. The van der Waals surface area contributed by atoms with E-state index in [-0.39, 0.29) is 24.2 Å². The van der Waals surface area contributed by atoms with Gasteiger partial charge in [0.15, 0.2) is 0 Å². The topological polar surface area (TPSA) is 58.6 Å². The smallest absolute Gasteiger partial charge is 0.255 e. The van der Waals surface area contributed by atoms with Crippen molar-refractivity contribution in [3.05, 3.63) is 101 Å². The third-order valence-corrected chi connectivity index (χ3v) is 5.95. The van der Waals surface area contributed by atoms with Crippen LogP contribution >= 0.6 is 0 Å². The number of carbonyl (C=O) groups is 2. The Labute approximate surface area is 186 Å². The second kappa shape index (κ2) is 8.83. The van der Waals surface area contributed by atoms with Crippen LogP contribution in [0.25, 0.3) is 0 Å². The minimum Gasteiger partial charge on any atom is -0.497 e. The van der Waals surface area contributed by atoms with E-state index in [0.717, 1.165) is 16.9 Å². The molecule has 6 heteroatoms. The first kappa shape index (κ1) is 21.6. The van der Waals surface area contributed by atoms with Gasteiger partial charge in [-0.25, -0.2) is 4.39 Å². The molecule has 0 bridgehead atoms. The zero-order valence-corrected chi connectivity index (χ0v) is 18.1. The summed E-state index contributed by atoms with van der Waals surface area (Å²) < 4.78 is 19.0. The molecule has 1 N–H and O–H groups in total. The third kappa shape index (κ3) is 4.21. The number of hydrogen-bond acceptors (Lipinski definition) is 3. The summed E-state index contributed by atoms with van der Waals surface area (Å²) in [5.74, 6) is -0.133. The van der Waals surface area contributed by atoms with E-state index in [9.17, 15) is 14.0 Å². The molecule has 3 aromatic rings. The van der Waals surface area contributed by atoms with Gasteiger partial charge in [-0.15, -0.1) is 0 Å². The standard InChI is InChI=1S/C26H25FN2O3/c1-26(25(31)28-16-18-10-12-22(32-2)13-11-18)15-20-7-3-4-9-23(20)24(30)29(26)17-19-6-5-8-21(27)14-19/h3-14H,15-17H2,1-2H3,(H,28,31)/t26-/m1/s1. The lowest BCUT2D eigenvalue weighted by Gasteiger charge is -2.44. The average molecular weight is 432 g/mol. The normalized spacial score (nSPS) is 17.6. The van der Waals surface area contributed by atoms with E-state index >= 15 is 0 Å². The van der Waals surface area contributed by atoms with Gasteiger partial charge in [0.05, 0.1) is 7.11 Å². The van der Waals surface area contributed by atoms with Crippen LogP contribution in [-0.4, -0.2) is 29.4 Å². The highest BCUT2D eigenvalue weighted by molar-refractivity contribution is 6.02. The van der Waals surface area contributed by atoms with Gasteiger partial charge in [-0.2, -0.15) is 0 Å². The summed E-state index contributed by atoms with van der Waals surface area (Å²) >= 11 is 0. The van der Waals surface area contributed by atoms with Crippen LogP contribution in [0.2, 0.25) is 0 Å². The molecule has 1 heterocycles. The van der Waals surface area contributed by atoms with Crippen LogP contribution < -0.4 is 10.1 Å². The Bertz CT molecular complexity index is 1150. The minimum absolute atomic E-state index is 0.136. The second-order valence-electron chi connectivity index (χ2n) is 8.16. The zero-order valence-electron chi connectivity index (χ0n) is 18.1. The van der Waals surface area contributed by atoms with Crippen LogP contribution in [0.5, 0.6) is 5.75 Å². The number of carbonyl (C=O) groups excluding carboxylic acids is 2. The maximum absolute atomic E-state index is 13.8. The average Bonchev–Trinajstić information content (AvgIpc) is 2.80. The Hall–Kier alpha value is -3.67. The summed E-state index contributed by atoms with van der Waals surface area (Å²) in [7, 11) is 1.60. The monoisotopic (exact) mass is 432 g/mol. The fourth-order valence-electron chi connectivity index (χ4n) is 4.10. The van der Waals surface area contributed by atoms with Crippen molar-refractivity contribution in [2.24, 2.45) is 0 Å². The molecule has 0 saturated heterocycles. The molecule has 0 saturated carbocycles. The molecule has 0 unspecified atom stereocenters. The van der Waals surface area contributed by atoms with Gasteiger partial charge < -0.3 is 15.0 Å². The highest BCUT2D eigenvalue weighted by atomic mass is 19.1. The predicted molar refractivity (Wildman–Crippen MR) is 120 cm³/mol. The lowest BCUT2D eigenvalue weighted by molar-refractivity contribution is -0.132. The second-order valence-corrected chi connectivity index (χ2v) is 8.16. The largest absolute Gasteiger partial charge is 0.497 e. The highest BCUT2D eigenvalue weighted by Crippen LogP contribution is 2.33. The van der Waals surface area contributed by atoms with E-state index in [0.29, 0.717) is 24.1 Å². The van der Waals surface area contributed by atoms with Crippen LogP contribution in [0.1, 0.15) is 34.0 Å². The fraction of sp³-hybridized carbons (Fsp3) is 0.231. The molecule has 0 aromatic heterocycles. The summed E-state index contributed by atoms with van der Waals surface area (Å²) in [5, 5.41) is 2.98. The molecule has 32 heavy (non-hydrogen) atoms. The van der Waals surface area contributed by atoms with Gasteiger partial charge in [0.1, 0.15) is 17.1 Å². The van der Waals surface area contributed by atoms with Crippen LogP contribution in [0.15, 0.2) is 72.8 Å². The van der Waals surface area contributed by atoms with Crippen molar-refractivity contribution >= 4 is 11.8 Å². The molecule has 0 spiro atoms. The Kier molecular flexibility index (Phi) is 5.95. The summed E-state index contributed by atoms with van der Waals surface area (Å²) in [6.45, 7) is 2.23. The number of ether oxygens (including phenoxy) is 1. The molecule has 1 aliphatic rings. The number of benzene rings is 3. The van der Waals surface area contributed by atoms with Crippen LogP contribution in [0.4, 0.5) is 4.39 Å². The molecule has 1 aliphatic heterocycles. The van der Waals surface area contributed by atoms with Crippen molar-refractivity contribution in [2.75, 3.05) is 7.11 Å². The van der Waals surface area contributed by atoms with Crippen molar-refractivity contribution in [1.82, 2.24) is 10.2 Å². The van der Waals surface area contributed by atoms with E-state index in [1.807, 2.05) is 42.5 Å². The van der Waals surface area contributed by atoms with Crippen LogP contribution in [-0.2, 0) is 24.3 Å². The van der Waals surface area contributed by atoms with Gasteiger partial charge >= 0.3 is 0 Å². The Morgan fingerprint density at radius 2 is 1.81 bits per heavy atom. The molecule has 4 rings (SSSR count). The van der Waals surface area contributed by atoms with Crippen molar-refractivity contribution in [3.63, 3.8) is 0 Å². The fourth-order valence-corrected chi connectivity index (χ4v) is 4.10. The van der Waals surface area contributed by atoms with E-state index in [1.165, 1.54) is 12.1 Å². The lowest BCUT2D eigenvalue weighted by Crippen LogP contribution is -2.62. The van der Waals surface area contributed by atoms with Crippen molar-refractivity contribution in [1.29, 1.82) is 0 Å². The van der Waals surface area contributed by atoms with Crippen molar-refractivity contribution in [2.45, 2.75) is 32.0 Å². The van der Waals surface area contributed by atoms with E-state index < -0.39 is 5.54 Å². The van der Waals surface area contributed by atoms with Crippen LogP contribution in [0.3, 0.4) is 0 Å². The number of halogens is 1. The zero-order chi connectivity index (χ0) is 22.7. The number of rotatable bonds is 6. The maximum atomic E-state index is 13.8. The molecule has 3 aromatic carbocycles. The first-order chi connectivity index (χ1) is 15.4. The molecule has 1 atom stereocenters. The first-order valence-electron chi connectivity index (χ1n) is 10.5.